The summed E-state index contributed by atoms with van der Waals surface area (Å²) in [4.78, 5) is -0.0561. The van der Waals surface area contributed by atoms with Crippen molar-refractivity contribution in [2.75, 3.05) is 0 Å². The zero-order valence-electron chi connectivity index (χ0n) is 8.51. The van der Waals surface area contributed by atoms with Gasteiger partial charge in [-0.3, -0.25) is 0 Å². The molecule has 4 heteroatoms. The van der Waals surface area contributed by atoms with E-state index in [1.807, 2.05) is 13.0 Å². The summed E-state index contributed by atoms with van der Waals surface area (Å²) in [5, 5.41) is 0. The maximum Gasteiger partial charge on any atom is 0.137 e. The molecule has 16 heavy (non-hydrogen) atoms. The minimum Gasteiger partial charge on any atom is -0.468 e. The predicted octanol–water partition coefficient (Wildman–Crippen LogP) is 4.97. The maximum absolute atomic E-state index is 13.1. The average Bonchev–Trinajstić information content (AvgIpc) is 2.67. The van der Waals surface area contributed by atoms with Gasteiger partial charge in [0.25, 0.3) is 0 Å². The lowest BCUT2D eigenvalue weighted by Gasteiger charge is -2.09. The van der Waals surface area contributed by atoms with Gasteiger partial charge in [0.15, 0.2) is 0 Å². The molecule has 0 fully saturated rings. The molecule has 2 aromatic rings. The molecule has 0 bridgehead atoms. The van der Waals surface area contributed by atoms with E-state index in [1.54, 1.807) is 18.4 Å². The molecule has 1 heterocycles. The average molecular weight is 348 g/mol. The van der Waals surface area contributed by atoms with Crippen molar-refractivity contribution in [3.05, 3.63) is 57.7 Å². The topological polar surface area (TPSA) is 13.1 Å². The van der Waals surface area contributed by atoms with Crippen LogP contribution in [0.3, 0.4) is 0 Å². The molecular weight excluding hydrogens is 339 g/mol. The van der Waals surface area contributed by atoms with Gasteiger partial charge in [0.1, 0.15) is 11.6 Å². The summed E-state index contributed by atoms with van der Waals surface area (Å²) < 4.78 is 18.9. The van der Waals surface area contributed by atoms with E-state index >= 15 is 0 Å². The summed E-state index contributed by atoms with van der Waals surface area (Å²) in [5.41, 5.74) is 2.02. The van der Waals surface area contributed by atoms with Crippen molar-refractivity contribution in [2.24, 2.45) is 0 Å². The number of rotatable bonds is 2. The first kappa shape index (κ1) is 11.9. The molecule has 0 radical (unpaired) electrons. The van der Waals surface area contributed by atoms with Crippen LogP contribution in [0.2, 0.25) is 0 Å². The molecule has 1 unspecified atom stereocenters. The lowest BCUT2D eigenvalue weighted by atomic mass is 10.1. The highest BCUT2D eigenvalue weighted by atomic mass is 79.9. The highest BCUT2D eigenvalue weighted by Gasteiger charge is 2.16. The van der Waals surface area contributed by atoms with Crippen LogP contribution in [0.4, 0.5) is 4.39 Å². The third kappa shape index (κ3) is 2.23. The van der Waals surface area contributed by atoms with Gasteiger partial charge in [-0.2, -0.15) is 0 Å². The van der Waals surface area contributed by atoms with Crippen molar-refractivity contribution in [1.82, 2.24) is 0 Å². The number of hydrogen-bond donors (Lipinski definition) is 0. The number of benzene rings is 1. The number of halogens is 3. The minimum absolute atomic E-state index is 0.0561. The molecule has 1 nitrogen and oxygen atoms in total. The second-order valence-electron chi connectivity index (χ2n) is 3.50. The van der Waals surface area contributed by atoms with Gasteiger partial charge in [0, 0.05) is 0 Å². The fourth-order valence-corrected chi connectivity index (χ4v) is 2.62. The van der Waals surface area contributed by atoms with Crippen LogP contribution in [-0.2, 0) is 0 Å². The Morgan fingerprint density at radius 2 is 2.06 bits per heavy atom. The van der Waals surface area contributed by atoms with E-state index in [0.29, 0.717) is 4.47 Å². The van der Waals surface area contributed by atoms with Crippen LogP contribution in [0, 0.1) is 12.7 Å². The van der Waals surface area contributed by atoms with Gasteiger partial charge in [-0.15, -0.1) is 0 Å². The monoisotopic (exact) mass is 346 g/mol. The van der Waals surface area contributed by atoms with Gasteiger partial charge in [-0.05, 0) is 52.2 Å². The van der Waals surface area contributed by atoms with E-state index in [4.69, 9.17) is 4.42 Å². The molecule has 0 aliphatic heterocycles. The molecule has 2 rings (SSSR count). The Balaban J connectivity index is 2.38. The van der Waals surface area contributed by atoms with E-state index < -0.39 is 0 Å². The van der Waals surface area contributed by atoms with Gasteiger partial charge in [-0.25, -0.2) is 4.39 Å². The molecule has 1 atom stereocenters. The Morgan fingerprint density at radius 1 is 1.31 bits per heavy atom. The molecule has 0 N–H and O–H groups in total. The lowest BCUT2D eigenvalue weighted by molar-refractivity contribution is 0.516. The lowest BCUT2D eigenvalue weighted by Crippen LogP contribution is -1.93. The molecule has 0 saturated carbocycles. The Morgan fingerprint density at radius 3 is 2.62 bits per heavy atom. The first-order valence-electron chi connectivity index (χ1n) is 4.72. The number of aryl methyl sites for hydroxylation is 1. The summed E-state index contributed by atoms with van der Waals surface area (Å²) in [6.45, 7) is 1.98. The molecule has 1 aromatic heterocycles. The number of furan rings is 1. The first-order chi connectivity index (χ1) is 7.59. The minimum atomic E-state index is -0.264. The van der Waals surface area contributed by atoms with E-state index in [1.165, 1.54) is 6.07 Å². The molecule has 0 spiro atoms. The van der Waals surface area contributed by atoms with Crippen molar-refractivity contribution in [2.45, 2.75) is 11.8 Å². The SMILES string of the molecule is Cc1ccoc1C(Br)c1ccc(F)c(Br)c1. The van der Waals surface area contributed by atoms with Crippen LogP contribution >= 0.6 is 31.9 Å². The maximum atomic E-state index is 13.1. The van der Waals surface area contributed by atoms with E-state index in [9.17, 15) is 4.39 Å². The molecule has 0 aliphatic carbocycles. The Labute approximate surface area is 110 Å². The second-order valence-corrected chi connectivity index (χ2v) is 5.27. The zero-order valence-corrected chi connectivity index (χ0v) is 11.7. The second kappa shape index (κ2) is 4.72. The molecule has 0 saturated heterocycles. The summed E-state index contributed by atoms with van der Waals surface area (Å²) >= 11 is 6.72. The highest BCUT2D eigenvalue weighted by Crippen LogP contribution is 2.34. The van der Waals surface area contributed by atoms with Gasteiger partial charge in [0.2, 0.25) is 0 Å². The fraction of sp³-hybridized carbons (Fsp3) is 0.167. The third-order valence-electron chi connectivity index (χ3n) is 2.37. The molecule has 1 aromatic carbocycles. The van der Waals surface area contributed by atoms with Gasteiger partial charge in [-0.1, -0.05) is 22.0 Å². The van der Waals surface area contributed by atoms with Crippen LogP contribution in [-0.4, -0.2) is 0 Å². The predicted molar refractivity (Wildman–Crippen MR) is 68.3 cm³/mol. The quantitative estimate of drug-likeness (QED) is 0.699. The van der Waals surface area contributed by atoms with E-state index in [-0.39, 0.29) is 10.6 Å². The van der Waals surface area contributed by atoms with Crippen LogP contribution in [0.25, 0.3) is 0 Å². The van der Waals surface area contributed by atoms with Crippen LogP contribution in [0.5, 0.6) is 0 Å². The molecule has 0 aliphatic rings. The largest absolute Gasteiger partial charge is 0.468 e. The van der Waals surface area contributed by atoms with E-state index in [0.717, 1.165) is 16.9 Å². The fourth-order valence-electron chi connectivity index (χ4n) is 1.47. The van der Waals surface area contributed by atoms with Crippen molar-refractivity contribution in [3.63, 3.8) is 0 Å². The number of alkyl halides is 1. The van der Waals surface area contributed by atoms with Crippen molar-refractivity contribution >= 4 is 31.9 Å². The summed E-state index contributed by atoms with van der Waals surface area (Å²) in [6.07, 6.45) is 1.65. The Hall–Kier alpha value is -0.610. The highest BCUT2D eigenvalue weighted by molar-refractivity contribution is 9.10. The number of hydrogen-bond acceptors (Lipinski definition) is 1. The standard InChI is InChI=1S/C12H9Br2FO/c1-7-4-5-16-12(7)11(14)8-2-3-10(15)9(13)6-8/h2-6,11H,1H3. The Kier molecular flexibility index (Phi) is 3.50. The first-order valence-corrected chi connectivity index (χ1v) is 6.43. The van der Waals surface area contributed by atoms with E-state index in [2.05, 4.69) is 31.9 Å². The summed E-state index contributed by atoms with van der Waals surface area (Å²) in [5.74, 6) is 0.582. The zero-order chi connectivity index (χ0) is 11.7. The molecule has 84 valence electrons. The summed E-state index contributed by atoms with van der Waals surface area (Å²) in [6, 6.07) is 6.83. The third-order valence-corrected chi connectivity index (χ3v) is 3.92. The van der Waals surface area contributed by atoms with Gasteiger partial charge in [0.05, 0.1) is 15.6 Å². The van der Waals surface area contributed by atoms with Crippen LogP contribution in [0.15, 0.2) is 39.4 Å². The van der Waals surface area contributed by atoms with Crippen LogP contribution in [0.1, 0.15) is 21.7 Å². The van der Waals surface area contributed by atoms with Crippen molar-refractivity contribution in [1.29, 1.82) is 0 Å². The normalized spacial score (nSPS) is 12.8. The summed E-state index contributed by atoms with van der Waals surface area (Å²) in [7, 11) is 0. The van der Waals surface area contributed by atoms with Crippen molar-refractivity contribution < 1.29 is 8.81 Å². The Bertz CT molecular complexity index is 507. The molecular formula is C12H9Br2FO. The molecule has 0 amide bonds. The smallest absolute Gasteiger partial charge is 0.137 e. The van der Waals surface area contributed by atoms with Gasteiger partial charge < -0.3 is 4.42 Å². The van der Waals surface area contributed by atoms with Gasteiger partial charge >= 0.3 is 0 Å². The van der Waals surface area contributed by atoms with Crippen molar-refractivity contribution in [3.8, 4) is 0 Å². The van der Waals surface area contributed by atoms with Crippen LogP contribution < -0.4 is 0 Å².